The van der Waals surface area contributed by atoms with Crippen LogP contribution in [0.25, 0.3) is 0 Å². The molecule has 0 fully saturated rings. The molecule has 0 heterocycles. The third-order valence-corrected chi connectivity index (χ3v) is 3.31. The van der Waals surface area contributed by atoms with Crippen LogP contribution in [0.5, 0.6) is 0 Å². The van der Waals surface area contributed by atoms with Crippen LogP contribution in [0.4, 0.5) is 0 Å². The van der Waals surface area contributed by atoms with E-state index in [1.54, 1.807) is 7.11 Å². The number of hydrogen-bond donors (Lipinski definition) is 2. The summed E-state index contributed by atoms with van der Waals surface area (Å²) in [6.07, 6.45) is 0. The predicted molar refractivity (Wildman–Crippen MR) is 91.6 cm³/mol. The second-order valence-electron chi connectivity index (χ2n) is 4.15. The van der Waals surface area contributed by atoms with Gasteiger partial charge in [0.1, 0.15) is 0 Å². The number of halogens is 1. The zero-order chi connectivity index (χ0) is 14.3. The van der Waals surface area contributed by atoms with Crippen LogP contribution in [-0.4, -0.2) is 30.6 Å². The fourth-order valence-corrected chi connectivity index (χ4v) is 2.04. The highest BCUT2D eigenvalue weighted by Gasteiger charge is 2.03. The molecule has 1 rings (SSSR count). The lowest BCUT2D eigenvalue weighted by Crippen LogP contribution is -2.40. The van der Waals surface area contributed by atoms with Crippen LogP contribution in [0.2, 0.25) is 0 Å². The van der Waals surface area contributed by atoms with Crippen LogP contribution in [0.15, 0.2) is 29.4 Å². The topological polar surface area (TPSA) is 45.6 Å². The van der Waals surface area contributed by atoms with Gasteiger partial charge < -0.3 is 10.1 Å². The zero-order valence-corrected chi connectivity index (χ0v) is 14.2. The van der Waals surface area contributed by atoms with Crippen LogP contribution >= 0.6 is 34.8 Å². The van der Waals surface area contributed by atoms with Gasteiger partial charge in [-0.2, -0.15) is 5.10 Å². The van der Waals surface area contributed by atoms with Crippen LogP contribution in [0.1, 0.15) is 19.4 Å². The standard InChI is InChI=1S/C13H18IN3OS/c1-9(8-18-3)15-13(19)17-16-10(2)11-4-6-12(14)7-5-11/h4-7,9H,8H2,1-3H3,(H2,15,17,19)/b16-10-/t9-/m1/s1. The number of thiocarbonyl (C=S) groups is 1. The number of nitrogens with zero attached hydrogens (tertiary/aromatic N) is 1. The summed E-state index contributed by atoms with van der Waals surface area (Å²) < 4.78 is 6.23. The average molecular weight is 391 g/mol. The van der Waals surface area contributed by atoms with Crippen LogP contribution < -0.4 is 10.7 Å². The van der Waals surface area contributed by atoms with Gasteiger partial charge in [0.15, 0.2) is 5.11 Å². The third-order valence-electron chi connectivity index (χ3n) is 2.38. The van der Waals surface area contributed by atoms with Crippen molar-refractivity contribution in [3.63, 3.8) is 0 Å². The van der Waals surface area contributed by atoms with E-state index >= 15 is 0 Å². The van der Waals surface area contributed by atoms with Crippen molar-refractivity contribution < 1.29 is 4.74 Å². The Balaban J connectivity index is 2.51. The lowest BCUT2D eigenvalue weighted by atomic mass is 10.1. The first-order chi connectivity index (χ1) is 9.02. The van der Waals surface area contributed by atoms with Gasteiger partial charge in [-0.25, -0.2) is 0 Å². The van der Waals surface area contributed by atoms with E-state index in [0.29, 0.717) is 11.7 Å². The molecule has 0 amide bonds. The van der Waals surface area contributed by atoms with Gasteiger partial charge in [0.05, 0.1) is 12.3 Å². The first-order valence-electron chi connectivity index (χ1n) is 5.88. The molecule has 0 spiro atoms. The predicted octanol–water partition coefficient (Wildman–Crippen LogP) is 2.51. The van der Waals surface area contributed by atoms with E-state index in [4.69, 9.17) is 17.0 Å². The van der Waals surface area contributed by atoms with Crippen molar-refractivity contribution in [2.75, 3.05) is 13.7 Å². The first-order valence-corrected chi connectivity index (χ1v) is 7.37. The smallest absolute Gasteiger partial charge is 0.187 e. The van der Waals surface area contributed by atoms with Crippen molar-refractivity contribution in [3.8, 4) is 0 Å². The molecule has 4 nitrogen and oxygen atoms in total. The maximum atomic E-state index is 5.15. The highest BCUT2D eigenvalue weighted by Crippen LogP contribution is 2.07. The monoisotopic (exact) mass is 391 g/mol. The molecule has 0 aliphatic carbocycles. The zero-order valence-electron chi connectivity index (χ0n) is 11.2. The summed E-state index contributed by atoms with van der Waals surface area (Å²) in [5, 5.41) is 7.84. The number of nitrogens with one attached hydrogen (secondary N) is 2. The maximum absolute atomic E-state index is 5.15. The van der Waals surface area contributed by atoms with Crippen molar-refractivity contribution in [1.29, 1.82) is 0 Å². The largest absolute Gasteiger partial charge is 0.383 e. The lowest BCUT2D eigenvalue weighted by Gasteiger charge is -2.14. The van der Waals surface area contributed by atoms with Gasteiger partial charge in [-0.05, 0) is 66.4 Å². The molecule has 0 unspecified atom stereocenters. The molecule has 19 heavy (non-hydrogen) atoms. The summed E-state index contributed by atoms with van der Waals surface area (Å²) in [4.78, 5) is 0. The number of rotatable bonds is 5. The van der Waals surface area contributed by atoms with Gasteiger partial charge in [-0.1, -0.05) is 12.1 Å². The van der Waals surface area contributed by atoms with Gasteiger partial charge in [0.2, 0.25) is 0 Å². The van der Waals surface area contributed by atoms with Gasteiger partial charge >= 0.3 is 0 Å². The Bertz CT molecular complexity index is 448. The Labute approximate surface area is 133 Å². The first kappa shape index (κ1) is 16.3. The summed E-state index contributed by atoms with van der Waals surface area (Å²) in [6.45, 7) is 4.53. The average Bonchev–Trinajstić information content (AvgIpc) is 2.37. The van der Waals surface area contributed by atoms with Crippen molar-refractivity contribution in [3.05, 3.63) is 33.4 Å². The molecule has 1 aromatic carbocycles. The summed E-state index contributed by atoms with van der Waals surface area (Å²) in [7, 11) is 1.66. The molecular formula is C13H18IN3OS. The van der Waals surface area contributed by atoms with Crippen LogP contribution in [0, 0.1) is 3.57 Å². The van der Waals surface area contributed by atoms with E-state index in [1.165, 1.54) is 3.57 Å². The number of benzene rings is 1. The fraction of sp³-hybridized carbons (Fsp3) is 0.385. The molecule has 0 saturated heterocycles. The SMILES string of the molecule is COC[C@@H](C)NC(=S)N/N=C(/C)c1ccc(I)cc1. The van der Waals surface area contributed by atoms with E-state index in [9.17, 15) is 0 Å². The summed E-state index contributed by atoms with van der Waals surface area (Å²) >= 11 is 7.42. The molecule has 1 atom stereocenters. The quantitative estimate of drug-likeness (QED) is 0.351. The summed E-state index contributed by atoms with van der Waals surface area (Å²) in [6, 6.07) is 8.32. The van der Waals surface area contributed by atoms with E-state index in [-0.39, 0.29) is 6.04 Å². The highest BCUT2D eigenvalue weighted by molar-refractivity contribution is 14.1. The van der Waals surface area contributed by atoms with Crippen LogP contribution in [-0.2, 0) is 4.74 Å². The Morgan fingerprint density at radius 3 is 2.63 bits per heavy atom. The molecule has 1 aromatic rings. The van der Waals surface area contributed by atoms with Crippen molar-refractivity contribution >= 4 is 45.6 Å². The number of methoxy groups -OCH3 is 1. The van der Waals surface area contributed by atoms with Gasteiger partial charge in [-0.15, -0.1) is 0 Å². The minimum atomic E-state index is 0.152. The molecule has 0 bridgehead atoms. The van der Waals surface area contributed by atoms with Crippen LogP contribution in [0.3, 0.4) is 0 Å². The van der Waals surface area contributed by atoms with Gasteiger partial charge in [0.25, 0.3) is 0 Å². The number of ether oxygens (including phenoxy) is 1. The lowest BCUT2D eigenvalue weighted by molar-refractivity contribution is 0.179. The highest BCUT2D eigenvalue weighted by atomic mass is 127. The van der Waals surface area contributed by atoms with Gasteiger partial charge in [-0.3, -0.25) is 5.43 Å². The molecule has 0 radical (unpaired) electrons. The van der Waals surface area contributed by atoms with E-state index in [1.807, 2.05) is 38.1 Å². The Morgan fingerprint density at radius 2 is 2.05 bits per heavy atom. The number of hydrogen-bond acceptors (Lipinski definition) is 3. The Morgan fingerprint density at radius 1 is 1.42 bits per heavy atom. The normalized spacial score (nSPS) is 12.9. The fourth-order valence-electron chi connectivity index (χ4n) is 1.44. The molecule has 104 valence electrons. The van der Waals surface area contributed by atoms with E-state index < -0.39 is 0 Å². The second kappa shape index (κ2) is 8.44. The Hall–Kier alpha value is -0.730. The summed E-state index contributed by atoms with van der Waals surface area (Å²) in [5.74, 6) is 0. The minimum Gasteiger partial charge on any atom is -0.383 e. The summed E-state index contributed by atoms with van der Waals surface area (Å²) in [5.41, 5.74) is 4.79. The van der Waals surface area contributed by atoms with E-state index in [2.05, 4.69) is 38.4 Å². The second-order valence-corrected chi connectivity index (χ2v) is 5.80. The van der Waals surface area contributed by atoms with Crippen molar-refractivity contribution in [2.24, 2.45) is 5.10 Å². The molecule has 0 aliphatic heterocycles. The van der Waals surface area contributed by atoms with E-state index in [0.717, 1.165) is 11.3 Å². The third kappa shape index (κ3) is 6.31. The molecule has 0 aliphatic rings. The molecular weight excluding hydrogens is 373 g/mol. The minimum absolute atomic E-state index is 0.152. The maximum Gasteiger partial charge on any atom is 0.187 e. The molecule has 6 heteroatoms. The van der Waals surface area contributed by atoms with Gasteiger partial charge in [0, 0.05) is 16.7 Å². The Kier molecular flexibility index (Phi) is 7.25. The molecule has 2 N–H and O–H groups in total. The van der Waals surface area contributed by atoms with Crippen molar-refractivity contribution in [1.82, 2.24) is 10.7 Å². The molecule has 0 saturated carbocycles. The van der Waals surface area contributed by atoms with Crippen molar-refractivity contribution in [2.45, 2.75) is 19.9 Å². The number of hydrazone groups is 1. The molecule has 0 aromatic heterocycles.